The number of nitrogens with two attached hydrogens (primary N) is 1. The molecular formula is C10H12N2O5. The molecule has 0 heterocycles. The number of ether oxygens (including phenoxy) is 2. The van der Waals surface area contributed by atoms with E-state index in [0.29, 0.717) is 5.69 Å². The second kappa shape index (κ2) is 5.59. The predicted molar refractivity (Wildman–Crippen MR) is 60.2 cm³/mol. The number of benzene rings is 1. The summed E-state index contributed by atoms with van der Waals surface area (Å²) in [5.74, 6) is 0.00640. The Morgan fingerprint density at radius 2 is 2.18 bits per heavy atom. The van der Waals surface area contributed by atoms with Crippen molar-refractivity contribution in [3.8, 4) is 5.75 Å². The molecule has 0 aromatic heterocycles. The summed E-state index contributed by atoms with van der Waals surface area (Å²) in [6.07, 6.45) is -2.07. The molecule has 0 bridgehead atoms. The van der Waals surface area contributed by atoms with Gasteiger partial charge in [-0.3, -0.25) is 5.32 Å². The number of carbonyl (C=O) groups excluding carboxylic acids is 1. The minimum Gasteiger partial charge on any atom is -0.450 e. The maximum atomic E-state index is 11.1. The molecule has 0 unspecified atom stereocenters. The molecule has 0 aliphatic rings. The van der Waals surface area contributed by atoms with E-state index in [4.69, 9.17) is 10.8 Å². The summed E-state index contributed by atoms with van der Waals surface area (Å²) in [5, 5.41) is 10.8. The van der Waals surface area contributed by atoms with Crippen molar-refractivity contribution in [2.75, 3.05) is 17.7 Å². The number of amides is 1. The Kier molecular flexibility index (Phi) is 4.15. The highest BCUT2D eigenvalue weighted by Crippen LogP contribution is 2.25. The number of nitrogen functional groups attached to an aromatic ring is 1. The van der Waals surface area contributed by atoms with Gasteiger partial charge < -0.3 is 20.3 Å². The van der Waals surface area contributed by atoms with Gasteiger partial charge in [0.15, 0.2) is 5.75 Å². The first-order valence-electron chi connectivity index (χ1n) is 4.77. The third-order valence-electron chi connectivity index (χ3n) is 1.73. The summed E-state index contributed by atoms with van der Waals surface area (Å²) in [6.45, 7) is 1.93. The van der Waals surface area contributed by atoms with Gasteiger partial charge in [0, 0.05) is 5.69 Å². The van der Waals surface area contributed by atoms with Crippen LogP contribution in [0.3, 0.4) is 0 Å². The Morgan fingerprint density at radius 3 is 2.71 bits per heavy atom. The van der Waals surface area contributed by atoms with Crippen LogP contribution in [0.15, 0.2) is 18.2 Å². The van der Waals surface area contributed by atoms with Gasteiger partial charge >= 0.3 is 12.2 Å². The van der Waals surface area contributed by atoms with E-state index in [-0.39, 0.29) is 18.0 Å². The first-order valence-corrected chi connectivity index (χ1v) is 4.77. The van der Waals surface area contributed by atoms with Crippen LogP contribution in [-0.4, -0.2) is 24.0 Å². The van der Waals surface area contributed by atoms with Crippen LogP contribution in [-0.2, 0) is 4.74 Å². The van der Waals surface area contributed by atoms with Gasteiger partial charge in [-0.05, 0) is 25.1 Å². The molecule has 0 radical (unpaired) electrons. The summed E-state index contributed by atoms with van der Waals surface area (Å²) in [5.41, 5.74) is 6.03. The van der Waals surface area contributed by atoms with Crippen molar-refractivity contribution in [1.29, 1.82) is 0 Å². The largest absolute Gasteiger partial charge is 0.511 e. The van der Waals surface area contributed by atoms with Gasteiger partial charge in [-0.1, -0.05) is 0 Å². The molecule has 7 heteroatoms. The van der Waals surface area contributed by atoms with Crippen LogP contribution in [0.1, 0.15) is 6.92 Å². The van der Waals surface area contributed by atoms with Crippen molar-refractivity contribution in [3.63, 3.8) is 0 Å². The fourth-order valence-electron chi connectivity index (χ4n) is 1.10. The number of anilines is 2. The second-order valence-electron chi connectivity index (χ2n) is 2.97. The quantitative estimate of drug-likeness (QED) is 0.422. The molecule has 1 aromatic carbocycles. The van der Waals surface area contributed by atoms with Crippen molar-refractivity contribution in [1.82, 2.24) is 0 Å². The standard InChI is InChI=1S/C10H12N2O5/c1-2-16-9(13)12-6-3-4-8(7(11)5-6)17-10(14)15/h3-5H,2,11H2,1H3,(H,12,13)(H,14,15). The molecule has 0 aliphatic carbocycles. The molecule has 7 nitrogen and oxygen atoms in total. The molecule has 1 aromatic rings. The zero-order valence-corrected chi connectivity index (χ0v) is 9.10. The first-order chi connectivity index (χ1) is 8.02. The highest BCUT2D eigenvalue weighted by atomic mass is 16.7. The van der Waals surface area contributed by atoms with Gasteiger partial charge in [-0.15, -0.1) is 0 Å². The Balaban J connectivity index is 2.74. The zero-order valence-electron chi connectivity index (χ0n) is 9.10. The van der Waals surface area contributed by atoms with Crippen molar-refractivity contribution >= 4 is 23.6 Å². The van der Waals surface area contributed by atoms with Crippen LogP contribution in [0.5, 0.6) is 5.75 Å². The Bertz CT molecular complexity index is 433. The van der Waals surface area contributed by atoms with Gasteiger partial charge in [0.05, 0.1) is 12.3 Å². The van der Waals surface area contributed by atoms with Crippen LogP contribution in [0.4, 0.5) is 21.0 Å². The second-order valence-corrected chi connectivity index (χ2v) is 2.97. The molecule has 0 spiro atoms. The molecule has 0 saturated heterocycles. The van der Waals surface area contributed by atoms with E-state index in [9.17, 15) is 9.59 Å². The minimum absolute atomic E-state index is 0.00640. The molecule has 0 saturated carbocycles. The molecule has 17 heavy (non-hydrogen) atoms. The smallest absolute Gasteiger partial charge is 0.450 e. The lowest BCUT2D eigenvalue weighted by atomic mass is 10.2. The highest BCUT2D eigenvalue weighted by molar-refractivity contribution is 5.86. The molecule has 0 fully saturated rings. The van der Waals surface area contributed by atoms with Gasteiger partial charge in [0.1, 0.15) is 0 Å². The topological polar surface area (TPSA) is 111 Å². The van der Waals surface area contributed by atoms with Crippen LogP contribution < -0.4 is 15.8 Å². The minimum atomic E-state index is -1.46. The SMILES string of the molecule is CCOC(=O)Nc1ccc(OC(=O)O)c(N)c1. The number of nitrogens with one attached hydrogen (secondary N) is 1. The van der Waals surface area contributed by atoms with Gasteiger partial charge in [-0.25, -0.2) is 9.59 Å². The molecule has 0 aliphatic heterocycles. The zero-order chi connectivity index (χ0) is 12.8. The maximum absolute atomic E-state index is 11.1. The van der Waals surface area contributed by atoms with Crippen molar-refractivity contribution in [2.45, 2.75) is 6.92 Å². The summed E-state index contributed by atoms with van der Waals surface area (Å²) in [7, 11) is 0. The molecule has 0 atom stereocenters. The van der Waals surface area contributed by atoms with Crippen LogP contribution >= 0.6 is 0 Å². The van der Waals surface area contributed by atoms with E-state index in [0.717, 1.165) is 0 Å². The van der Waals surface area contributed by atoms with Gasteiger partial charge in [0.25, 0.3) is 0 Å². The molecule has 92 valence electrons. The number of rotatable bonds is 3. The summed E-state index contributed by atoms with van der Waals surface area (Å²) >= 11 is 0. The fraction of sp³-hybridized carbons (Fsp3) is 0.200. The van der Waals surface area contributed by atoms with E-state index >= 15 is 0 Å². The number of carboxylic acid groups (broad SMARTS) is 1. The Hall–Kier alpha value is -2.44. The summed E-state index contributed by atoms with van der Waals surface area (Å²) < 4.78 is 9.06. The van der Waals surface area contributed by atoms with Crippen molar-refractivity contribution in [2.24, 2.45) is 0 Å². The first kappa shape index (κ1) is 12.6. The number of hydrogen-bond donors (Lipinski definition) is 3. The summed E-state index contributed by atoms with van der Waals surface area (Å²) in [6, 6.07) is 4.16. The lowest BCUT2D eigenvalue weighted by molar-refractivity contribution is 0.144. The monoisotopic (exact) mass is 240 g/mol. The molecular weight excluding hydrogens is 228 g/mol. The molecule has 4 N–H and O–H groups in total. The van der Waals surface area contributed by atoms with Gasteiger partial charge in [-0.2, -0.15) is 0 Å². The summed E-state index contributed by atoms with van der Waals surface area (Å²) in [4.78, 5) is 21.4. The fourth-order valence-corrected chi connectivity index (χ4v) is 1.10. The average molecular weight is 240 g/mol. The molecule has 1 rings (SSSR count). The average Bonchev–Trinajstić information content (AvgIpc) is 2.22. The number of hydrogen-bond acceptors (Lipinski definition) is 5. The predicted octanol–water partition coefficient (Wildman–Crippen LogP) is 1.89. The van der Waals surface area contributed by atoms with Crippen LogP contribution in [0, 0.1) is 0 Å². The van der Waals surface area contributed by atoms with E-state index in [2.05, 4.69) is 14.8 Å². The van der Waals surface area contributed by atoms with Gasteiger partial charge in [0.2, 0.25) is 0 Å². The third kappa shape index (κ3) is 3.90. The van der Waals surface area contributed by atoms with E-state index in [1.54, 1.807) is 6.92 Å². The van der Waals surface area contributed by atoms with Crippen molar-refractivity contribution < 1.29 is 24.2 Å². The van der Waals surface area contributed by atoms with E-state index in [1.807, 2.05) is 0 Å². The lowest BCUT2D eigenvalue weighted by Crippen LogP contribution is -2.13. The Morgan fingerprint density at radius 1 is 1.47 bits per heavy atom. The van der Waals surface area contributed by atoms with Crippen molar-refractivity contribution in [3.05, 3.63) is 18.2 Å². The van der Waals surface area contributed by atoms with E-state index < -0.39 is 12.2 Å². The lowest BCUT2D eigenvalue weighted by Gasteiger charge is -2.08. The third-order valence-corrected chi connectivity index (χ3v) is 1.73. The van der Waals surface area contributed by atoms with Crippen LogP contribution in [0.25, 0.3) is 0 Å². The van der Waals surface area contributed by atoms with Crippen LogP contribution in [0.2, 0.25) is 0 Å². The van der Waals surface area contributed by atoms with E-state index in [1.165, 1.54) is 18.2 Å². The highest BCUT2D eigenvalue weighted by Gasteiger charge is 2.08. The normalized spacial score (nSPS) is 9.47. The maximum Gasteiger partial charge on any atom is 0.511 e. The Labute approximate surface area is 97.1 Å². The number of carbonyl (C=O) groups is 2. The molecule has 1 amide bonds.